The van der Waals surface area contributed by atoms with E-state index in [9.17, 15) is 22.5 Å². The Hall–Kier alpha value is -0.880. The van der Waals surface area contributed by atoms with Crippen molar-refractivity contribution in [2.24, 2.45) is 0 Å². The van der Waals surface area contributed by atoms with Gasteiger partial charge in [0.15, 0.2) is 0 Å². The van der Waals surface area contributed by atoms with Crippen molar-refractivity contribution >= 4 is 10.8 Å². The first-order chi connectivity index (χ1) is 8.90. The van der Waals surface area contributed by atoms with E-state index in [0.29, 0.717) is 25.0 Å². The molecule has 1 aromatic carbocycles. The van der Waals surface area contributed by atoms with Gasteiger partial charge in [-0.15, -0.1) is 0 Å². The molecule has 0 radical (unpaired) electrons. The molecule has 19 heavy (non-hydrogen) atoms. The van der Waals surface area contributed by atoms with Crippen LogP contribution in [-0.4, -0.2) is 19.8 Å². The lowest BCUT2D eigenvalue weighted by Crippen LogP contribution is -2.41. The van der Waals surface area contributed by atoms with E-state index >= 15 is 0 Å². The lowest BCUT2D eigenvalue weighted by Gasteiger charge is -2.36. The monoisotopic (exact) mass is 290 g/mol. The van der Waals surface area contributed by atoms with E-state index in [-0.39, 0.29) is 23.3 Å². The number of fused-ring (bicyclic) bond motifs is 2. The minimum Gasteiger partial charge on any atom is -0.385 e. The Labute approximate surface area is 111 Å². The van der Waals surface area contributed by atoms with Crippen LogP contribution in [0.15, 0.2) is 12.1 Å². The van der Waals surface area contributed by atoms with Gasteiger partial charge in [-0.3, -0.25) is 4.21 Å². The Kier molecular flexibility index (Phi) is 2.98. The van der Waals surface area contributed by atoms with Crippen LogP contribution in [-0.2, 0) is 16.4 Å². The second-order valence-corrected chi connectivity index (χ2v) is 7.32. The van der Waals surface area contributed by atoms with Crippen LogP contribution in [0.2, 0.25) is 0 Å². The summed E-state index contributed by atoms with van der Waals surface area (Å²) in [5.41, 5.74) is -2.16. The Morgan fingerprint density at radius 2 is 1.58 bits per heavy atom. The molecule has 0 aliphatic carbocycles. The topological polar surface area (TPSA) is 37.3 Å². The number of rotatable bonds is 1. The normalized spacial score (nSPS) is 37.6. The van der Waals surface area contributed by atoms with Gasteiger partial charge in [0.2, 0.25) is 0 Å². The lowest BCUT2D eigenvalue weighted by atomic mass is 9.85. The highest BCUT2D eigenvalue weighted by Crippen LogP contribution is 2.47. The van der Waals surface area contributed by atoms with Gasteiger partial charge in [-0.2, -0.15) is 0 Å². The molecule has 1 N–H and O–H groups in total. The Morgan fingerprint density at radius 1 is 1.11 bits per heavy atom. The molecule has 6 heteroatoms. The zero-order chi connectivity index (χ0) is 13.8. The predicted octanol–water partition coefficient (Wildman–Crippen LogP) is 2.37. The number of hydrogen-bond acceptors (Lipinski definition) is 2. The molecule has 0 saturated carbocycles. The molecule has 2 bridgehead atoms. The standard InChI is InChI=1S/C13H13F3O2S/c14-7-3-10(15)12(11(16)4-7)13(17)5-8-1-2-9(6-13)19(8)18/h3-4,8-9,17H,1-2,5-6H2. The molecule has 2 saturated heterocycles. The first-order valence-electron chi connectivity index (χ1n) is 6.17. The van der Waals surface area contributed by atoms with Gasteiger partial charge in [0.1, 0.15) is 17.5 Å². The molecule has 2 nitrogen and oxygen atoms in total. The average Bonchev–Trinajstić information content (AvgIpc) is 2.53. The molecule has 2 fully saturated rings. The van der Waals surface area contributed by atoms with Crippen LogP contribution in [0.1, 0.15) is 31.2 Å². The zero-order valence-electron chi connectivity index (χ0n) is 10.0. The largest absolute Gasteiger partial charge is 0.385 e. The summed E-state index contributed by atoms with van der Waals surface area (Å²) in [7, 11) is -1.04. The second-order valence-electron chi connectivity index (χ2n) is 5.33. The maximum atomic E-state index is 13.8. The van der Waals surface area contributed by atoms with E-state index in [1.807, 2.05) is 0 Å². The molecule has 2 aliphatic heterocycles. The van der Waals surface area contributed by atoms with Crippen molar-refractivity contribution in [1.82, 2.24) is 0 Å². The van der Waals surface area contributed by atoms with Crippen molar-refractivity contribution in [1.29, 1.82) is 0 Å². The fraction of sp³-hybridized carbons (Fsp3) is 0.538. The van der Waals surface area contributed by atoms with Gasteiger partial charge in [0.05, 0.1) is 11.2 Å². The Morgan fingerprint density at radius 3 is 2.05 bits per heavy atom. The van der Waals surface area contributed by atoms with E-state index in [1.165, 1.54) is 0 Å². The lowest BCUT2D eigenvalue weighted by molar-refractivity contribution is 0.0114. The van der Waals surface area contributed by atoms with Gasteiger partial charge in [-0.1, -0.05) is 0 Å². The quantitative estimate of drug-likeness (QED) is 0.862. The van der Waals surface area contributed by atoms with E-state index in [1.54, 1.807) is 0 Å². The second kappa shape index (κ2) is 4.31. The zero-order valence-corrected chi connectivity index (χ0v) is 10.9. The van der Waals surface area contributed by atoms with Crippen LogP contribution in [0.3, 0.4) is 0 Å². The summed E-state index contributed by atoms with van der Waals surface area (Å²) in [5, 5.41) is 10.1. The van der Waals surface area contributed by atoms with Crippen LogP contribution >= 0.6 is 0 Å². The molecule has 2 unspecified atom stereocenters. The summed E-state index contributed by atoms with van der Waals surface area (Å²) in [6, 6.07) is 1.15. The maximum absolute atomic E-state index is 13.8. The molecule has 104 valence electrons. The molecular weight excluding hydrogens is 277 g/mol. The summed E-state index contributed by atoms with van der Waals surface area (Å²) in [5.74, 6) is -3.16. The summed E-state index contributed by atoms with van der Waals surface area (Å²) in [4.78, 5) is 0. The highest BCUT2D eigenvalue weighted by atomic mass is 32.2. The van der Waals surface area contributed by atoms with Gasteiger partial charge >= 0.3 is 0 Å². The van der Waals surface area contributed by atoms with Crippen LogP contribution in [0.4, 0.5) is 13.2 Å². The molecule has 0 amide bonds. The van der Waals surface area contributed by atoms with E-state index in [4.69, 9.17) is 0 Å². The summed E-state index contributed by atoms with van der Waals surface area (Å²) >= 11 is 0. The van der Waals surface area contributed by atoms with Crippen LogP contribution < -0.4 is 0 Å². The molecule has 2 atom stereocenters. The molecule has 1 aromatic rings. The maximum Gasteiger partial charge on any atom is 0.135 e. The van der Waals surface area contributed by atoms with Crippen LogP contribution in [0.5, 0.6) is 0 Å². The molecule has 2 heterocycles. The third-order valence-corrected chi connectivity index (χ3v) is 6.19. The summed E-state index contributed by atoms with van der Waals surface area (Å²) < 4.78 is 52.4. The van der Waals surface area contributed by atoms with Gasteiger partial charge in [0, 0.05) is 33.4 Å². The smallest absolute Gasteiger partial charge is 0.135 e. The van der Waals surface area contributed by atoms with Crippen LogP contribution in [0.25, 0.3) is 0 Å². The highest BCUT2D eigenvalue weighted by Gasteiger charge is 2.50. The average molecular weight is 290 g/mol. The summed E-state index contributed by atoms with van der Waals surface area (Å²) in [6.07, 6.45) is 1.53. The number of hydrogen-bond donors (Lipinski definition) is 1. The summed E-state index contributed by atoms with van der Waals surface area (Å²) in [6.45, 7) is 0. The number of aliphatic hydroxyl groups is 1. The minimum atomic E-state index is -1.68. The molecule has 2 aliphatic rings. The van der Waals surface area contributed by atoms with Gasteiger partial charge in [0.25, 0.3) is 0 Å². The first kappa shape index (κ1) is 13.1. The molecule has 0 spiro atoms. The number of halogens is 3. The fourth-order valence-corrected chi connectivity index (χ4v) is 5.43. The van der Waals surface area contributed by atoms with E-state index in [2.05, 4.69) is 0 Å². The van der Waals surface area contributed by atoms with Crippen LogP contribution in [0, 0.1) is 17.5 Å². The molecule has 3 rings (SSSR count). The van der Waals surface area contributed by atoms with E-state index < -0.39 is 39.4 Å². The highest BCUT2D eigenvalue weighted by molar-refractivity contribution is 7.86. The van der Waals surface area contributed by atoms with Crippen molar-refractivity contribution in [3.8, 4) is 0 Å². The van der Waals surface area contributed by atoms with Crippen molar-refractivity contribution in [2.75, 3.05) is 0 Å². The van der Waals surface area contributed by atoms with Gasteiger partial charge < -0.3 is 5.11 Å². The Balaban J connectivity index is 2.05. The molecular formula is C13H13F3O2S. The first-order valence-corrected chi connectivity index (χ1v) is 7.45. The van der Waals surface area contributed by atoms with Gasteiger partial charge in [-0.25, -0.2) is 13.2 Å². The van der Waals surface area contributed by atoms with Crippen molar-refractivity contribution in [2.45, 2.75) is 41.8 Å². The van der Waals surface area contributed by atoms with Crippen molar-refractivity contribution in [3.63, 3.8) is 0 Å². The SMILES string of the molecule is O=S1C2CCC1CC(O)(c1c(F)cc(F)cc1F)C2. The van der Waals surface area contributed by atoms with Crippen molar-refractivity contribution in [3.05, 3.63) is 35.1 Å². The molecule has 0 aromatic heterocycles. The predicted molar refractivity (Wildman–Crippen MR) is 64.4 cm³/mol. The van der Waals surface area contributed by atoms with Gasteiger partial charge in [-0.05, 0) is 25.7 Å². The third kappa shape index (κ3) is 2.01. The minimum absolute atomic E-state index is 0.0651. The fourth-order valence-electron chi connectivity index (χ4n) is 3.27. The third-order valence-electron chi connectivity index (χ3n) is 4.07. The number of benzene rings is 1. The van der Waals surface area contributed by atoms with Crippen molar-refractivity contribution < 1.29 is 22.5 Å². The van der Waals surface area contributed by atoms with E-state index in [0.717, 1.165) is 0 Å². The Bertz CT molecular complexity index is 522.